The minimum absolute atomic E-state index is 0.655. The van der Waals surface area contributed by atoms with Gasteiger partial charge in [-0.15, -0.1) is 0 Å². The quantitative estimate of drug-likeness (QED) is 0.576. The number of hydrogen-bond acceptors (Lipinski definition) is 1. The van der Waals surface area contributed by atoms with E-state index in [1.54, 1.807) is 0 Å². The van der Waals surface area contributed by atoms with E-state index in [-0.39, 0.29) is 0 Å². The van der Waals surface area contributed by atoms with Crippen LogP contribution in [0.4, 0.5) is 0 Å². The Balaban J connectivity index is 2.15. The van der Waals surface area contributed by atoms with Crippen LogP contribution in [0.3, 0.4) is 0 Å². The number of hydrogen-bond donors (Lipinski definition) is 0. The second kappa shape index (κ2) is 6.16. The van der Waals surface area contributed by atoms with Crippen LogP contribution >= 0.6 is 0 Å². The molecule has 0 bridgehead atoms. The van der Waals surface area contributed by atoms with E-state index in [2.05, 4.69) is 77.1 Å². The largest absolute Gasteiger partial charge is 0.248 e. The van der Waals surface area contributed by atoms with E-state index >= 15 is 0 Å². The minimum Gasteiger partial charge on any atom is -0.248 e. The highest BCUT2D eigenvalue weighted by atomic mass is 14.7. The first kappa shape index (κ1) is 15.7. The zero-order chi connectivity index (χ0) is 16.6. The molecule has 1 heterocycles. The van der Waals surface area contributed by atoms with Crippen molar-refractivity contribution in [2.75, 3.05) is 0 Å². The second-order valence-electron chi connectivity index (χ2n) is 7.03. The number of rotatable bonds is 3. The minimum atomic E-state index is 0.655. The van der Waals surface area contributed by atoms with E-state index in [4.69, 9.17) is 4.98 Å². The van der Waals surface area contributed by atoms with Gasteiger partial charge in [0.05, 0.1) is 11.2 Å². The van der Waals surface area contributed by atoms with Crippen LogP contribution in [0.15, 0.2) is 42.5 Å². The molecule has 0 spiro atoms. The Hall–Kier alpha value is -2.15. The van der Waals surface area contributed by atoms with Gasteiger partial charge < -0.3 is 0 Å². The maximum absolute atomic E-state index is 4.96. The summed E-state index contributed by atoms with van der Waals surface area (Å²) in [5.74, 6) is 0.655. The Morgan fingerprint density at radius 1 is 0.957 bits per heavy atom. The highest BCUT2D eigenvalue weighted by molar-refractivity contribution is 5.85. The third-order valence-corrected chi connectivity index (χ3v) is 4.54. The summed E-state index contributed by atoms with van der Waals surface area (Å²) < 4.78 is 0. The summed E-state index contributed by atoms with van der Waals surface area (Å²) >= 11 is 0. The van der Waals surface area contributed by atoms with E-state index in [1.165, 1.54) is 33.2 Å². The van der Waals surface area contributed by atoms with Crippen LogP contribution in [0.1, 0.15) is 36.1 Å². The van der Waals surface area contributed by atoms with Gasteiger partial charge in [-0.1, -0.05) is 43.7 Å². The van der Waals surface area contributed by atoms with E-state index < -0.39 is 0 Å². The van der Waals surface area contributed by atoms with Gasteiger partial charge in [0.1, 0.15) is 0 Å². The van der Waals surface area contributed by atoms with E-state index in [0.29, 0.717) is 5.92 Å². The van der Waals surface area contributed by atoms with Crippen molar-refractivity contribution in [2.24, 2.45) is 5.92 Å². The van der Waals surface area contributed by atoms with Gasteiger partial charge in [-0.3, -0.25) is 0 Å². The molecule has 0 aliphatic rings. The second-order valence-corrected chi connectivity index (χ2v) is 7.03. The van der Waals surface area contributed by atoms with Gasteiger partial charge in [-0.05, 0) is 68.0 Å². The van der Waals surface area contributed by atoms with Crippen molar-refractivity contribution in [1.82, 2.24) is 4.98 Å². The number of aromatic nitrogens is 1. The van der Waals surface area contributed by atoms with Crippen molar-refractivity contribution in [1.29, 1.82) is 0 Å². The molecule has 2 aromatic carbocycles. The Kier molecular flexibility index (Phi) is 4.21. The number of benzene rings is 2. The third kappa shape index (κ3) is 3.14. The van der Waals surface area contributed by atoms with Crippen LogP contribution in [0, 0.1) is 26.7 Å². The molecule has 118 valence electrons. The van der Waals surface area contributed by atoms with E-state index in [0.717, 1.165) is 17.6 Å². The number of aryl methyl sites for hydroxylation is 2. The lowest BCUT2D eigenvalue weighted by molar-refractivity contribution is 0.650. The number of pyridine rings is 1. The highest BCUT2D eigenvalue weighted by Crippen LogP contribution is 2.28. The van der Waals surface area contributed by atoms with Crippen LogP contribution in [-0.2, 0) is 6.42 Å². The van der Waals surface area contributed by atoms with Gasteiger partial charge in [0, 0.05) is 10.9 Å². The van der Waals surface area contributed by atoms with Crippen molar-refractivity contribution < 1.29 is 0 Å². The van der Waals surface area contributed by atoms with Gasteiger partial charge in [-0.2, -0.15) is 0 Å². The summed E-state index contributed by atoms with van der Waals surface area (Å²) in [6.07, 6.45) is 1.10. The molecule has 0 fully saturated rings. The van der Waals surface area contributed by atoms with Gasteiger partial charge in [-0.25, -0.2) is 4.98 Å². The molecule has 23 heavy (non-hydrogen) atoms. The Labute approximate surface area is 139 Å². The molecule has 0 radical (unpaired) electrons. The van der Waals surface area contributed by atoms with Crippen LogP contribution in [0.2, 0.25) is 0 Å². The van der Waals surface area contributed by atoms with E-state index in [1.807, 2.05) is 0 Å². The summed E-state index contributed by atoms with van der Waals surface area (Å²) in [6.45, 7) is 11.0. The zero-order valence-corrected chi connectivity index (χ0v) is 14.8. The molecular weight excluding hydrogens is 278 g/mol. The summed E-state index contributed by atoms with van der Waals surface area (Å²) in [5.41, 5.74) is 8.75. The standard InChI is InChI=1S/C22H25N/c1-14(2)11-18-7-6-8-21-19(18)9-10-22(23-21)20-13-15(3)12-16(4)17(20)5/h6-10,12-14H,11H2,1-5H3. The van der Waals surface area contributed by atoms with Gasteiger partial charge in [0.2, 0.25) is 0 Å². The Morgan fingerprint density at radius 2 is 1.74 bits per heavy atom. The predicted octanol–water partition coefficient (Wildman–Crippen LogP) is 6.03. The molecule has 1 nitrogen and oxygen atoms in total. The van der Waals surface area contributed by atoms with Crippen molar-refractivity contribution in [3.63, 3.8) is 0 Å². The summed E-state index contributed by atoms with van der Waals surface area (Å²) in [4.78, 5) is 4.96. The molecule has 1 heteroatoms. The topological polar surface area (TPSA) is 12.9 Å². The van der Waals surface area contributed by atoms with Gasteiger partial charge in [0.15, 0.2) is 0 Å². The van der Waals surface area contributed by atoms with Crippen LogP contribution < -0.4 is 0 Å². The summed E-state index contributed by atoms with van der Waals surface area (Å²) in [7, 11) is 0. The van der Waals surface area contributed by atoms with Crippen LogP contribution in [0.25, 0.3) is 22.2 Å². The molecule has 3 rings (SSSR count). The fraction of sp³-hybridized carbons (Fsp3) is 0.318. The van der Waals surface area contributed by atoms with Crippen molar-refractivity contribution in [3.8, 4) is 11.3 Å². The maximum Gasteiger partial charge on any atom is 0.0712 e. The monoisotopic (exact) mass is 303 g/mol. The first-order valence-electron chi connectivity index (χ1n) is 8.42. The van der Waals surface area contributed by atoms with Crippen molar-refractivity contribution in [2.45, 2.75) is 41.0 Å². The van der Waals surface area contributed by atoms with Crippen LogP contribution in [0.5, 0.6) is 0 Å². The maximum atomic E-state index is 4.96. The predicted molar refractivity (Wildman–Crippen MR) is 99.9 cm³/mol. The van der Waals surface area contributed by atoms with Crippen LogP contribution in [-0.4, -0.2) is 4.98 Å². The van der Waals surface area contributed by atoms with Crippen molar-refractivity contribution in [3.05, 3.63) is 64.7 Å². The smallest absolute Gasteiger partial charge is 0.0712 e. The molecule has 0 N–H and O–H groups in total. The Morgan fingerprint density at radius 3 is 2.48 bits per heavy atom. The first-order valence-corrected chi connectivity index (χ1v) is 8.42. The summed E-state index contributed by atoms with van der Waals surface area (Å²) in [5, 5.41) is 1.28. The normalized spacial score (nSPS) is 11.4. The Bertz CT molecular complexity index is 859. The lowest BCUT2D eigenvalue weighted by Gasteiger charge is -2.13. The number of nitrogens with zero attached hydrogens (tertiary/aromatic N) is 1. The third-order valence-electron chi connectivity index (χ3n) is 4.54. The molecule has 0 saturated heterocycles. The van der Waals surface area contributed by atoms with Gasteiger partial charge >= 0.3 is 0 Å². The molecule has 0 saturated carbocycles. The zero-order valence-electron chi connectivity index (χ0n) is 14.8. The SMILES string of the molecule is Cc1cc(C)c(C)c(-c2ccc3c(CC(C)C)cccc3n2)c1. The fourth-order valence-electron chi connectivity index (χ4n) is 3.29. The van der Waals surface area contributed by atoms with E-state index in [9.17, 15) is 0 Å². The summed E-state index contributed by atoms with van der Waals surface area (Å²) in [6, 6.07) is 15.4. The molecule has 0 aliphatic carbocycles. The highest BCUT2D eigenvalue weighted by Gasteiger charge is 2.09. The lowest BCUT2D eigenvalue weighted by atomic mass is 9.95. The molecule has 0 amide bonds. The number of fused-ring (bicyclic) bond motifs is 1. The average molecular weight is 303 g/mol. The lowest BCUT2D eigenvalue weighted by Crippen LogP contribution is -1.97. The van der Waals surface area contributed by atoms with Crippen molar-refractivity contribution >= 4 is 10.9 Å². The van der Waals surface area contributed by atoms with Gasteiger partial charge in [0.25, 0.3) is 0 Å². The average Bonchev–Trinajstić information content (AvgIpc) is 2.50. The molecule has 0 aliphatic heterocycles. The molecule has 1 aromatic heterocycles. The molecule has 0 unspecified atom stereocenters. The molecule has 0 atom stereocenters. The first-order chi connectivity index (χ1) is 11.0. The molecular formula is C22H25N. The fourth-order valence-corrected chi connectivity index (χ4v) is 3.29. The molecule has 3 aromatic rings.